The molecule has 0 amide bonds. The van der Waals surface area contributed by atoms with Crippen molar-refractivity contribution in [1.29, 1.82) is 5.41 Å². The van der Waals surface area contributed by atoms with Crippen molar-refractivity contribution in [2.75, 3.05) is 12.4 Å². The molecule has 0 radical (unpaired) electrons. The summed E-state index contributed by atoms with van der Waals surface area (Å²) in [5.74, 6) is 0.802. The van der Waals surface area contributed by atoms with Gasteiger partial charge in [-0.3, -0.25) is 0 Å². The van der Waals surface area contributed by atoms with E-state index in [1.165, 1.54) is 6.33 Å². The highest BCUT2D eigenvalue weighted by Gasteiger charge is 2.01. The normalized spacial score (nSPS) is 9.50. The van der Waals surface area contributed by atoms with E-state index in [0.29, 0.717) is 12.1 Å². The standard InChI is InChI=1S/C8H12N4/c1-6(9)3-7-4-11-5-12-8(7)10-2/h4-5,9H,3H2,1-2H3,(H,10,11,12). The lowest BCUT2D eigenvalue weighted by atomic mass is 10.1. The van der Waals surface area contributed by atoms with Crippen molar-refractivity contribution in [2.24, 2.45) is 0 Å². The van der Waals surface area contributed by atoms with Gasteiger partial charge in [0, 0.05) is 30.9 Å². The summed E-state index contributed by atoms with van der Waals surface area (Å²) in [6, 6.07) is 0. The third-order valence-electron chi connectivity index (χ3n) is 1.48. The molecule has 0 spiro atoms. The van der Waals surface area contributed by atoms with Crippen LogP contribution < -0.4 is 5.32 Å². The second-order valence-corrected chi connectivity index (χ2v) is 2.60. The minimum atomic E-state index is 0.608. The SMILES string of the molecule is CNc1ncncc1CC(C)=N. The average molecular weight is 164 g/mol. The lowest BCUT2D eigenvalue weighted by Crippen LogP contribution is -2.03. The van der Waals surface area contributed by atoms with Crippen molar-refractivity contribution < 1.29 is 0 Å². The summed E-state index contributed by atoms with van der Waals surface area (Å²) in [5.41, 5.74) is 1.58. The summed E-state index contributed by atoms with van der Waals surface area (Å²) in [6.45, 7) is 1.77. The lowest BCUT2D eigenvalue weighted by molar-refractivity contribution is 1.09. The molecule has 1 heterocycles. The summed E-state index contributed by atoms with van der Waals surface area (Å²) in [6.07, 6.45) is 3.84. The van der Waals surface area contributed by atoms with E-state index in [-0.39, 0.29) is 0 Å². The van der Waals surface area contributed by atoms with Crippen LogP contribution in [0.1, 0.15) is 12.5 Å². The van der Waals surface area contributed by atoms with Crippen LogP contribution in [0.4, 0.5) is 5.82 Å². The molecule has 0 atom stereocenters. The fourth-order valence-corrected chi connectivity index (χ4v) is 0.999. The molecule has 0 bridgehead atoms. The minimum absolute atomic E-state index is 0.608. The first-order valence-electron chi connectivity index (χ1n) is 3.74. The number of hydrogen-bond donors (Lipinski definition) is 2. The van der Waals surface area contributed by atoms with Gasteiger partial charge >= 0.3 is 0 Å². The monoisotopic (exact) mass is 164 g/mol. The fraction of sp³-hybridized carbons (Fsp3) is 0.375. The van der Waals surface area contributed by atoms with Crippen molar-refractivity contribution >= 4 is 11.5 Å². The zero-order chi connectivity index (χ0) is 8.97. The Balaban J connectivity index is 2.89. The van der Waals surface area contributed by atoms with Gasteiger partial charge in [-0.05, 0) is 6.92 Å². The zero-order valence-corrected chi connectivity index (χ0v) is 7.26. The molecule has 1 rings (SSSR count). The Morgan fingerprint density at radius 1 is 1.67 bits per heavy atom. The first-order valence-corrected chi connectivity index (χ1v) is 3.74. The van der Waals surface area contributed by atoms with E-state index >= 15 is 0 Å². The van der Waals surface area contributed by atoms with Crippen LogP contribution in [-0.2, 0) is 6.42 Å². The van der Waals surface area contributed by atoms with E-state index in [1.54, 1.807) is 13.1 Å². The maximum absolute atomic E-state index is 7.32. The van der Waals surface area contributed by atoms with Crippen molar-refractivity contribution in [3.05, 3.63) is 18.1 Å². The topological polar surface area (TPSA) is 61.7 Å². The average Bonchev–Trinajstić information content (AvgIpc) is 2.04. The molecule has 2 N–H and O–H groups in total. The van der Waals surface area contributed by atoms with Crippen LogP contribution in [0, 0.1) is 5.41 Å². The van der Waals surface area contributed by atoms with Crippen LogP contribution in [0.15, 0.2) is 12.5 Å². The highest BCUT2D eigenvalue weighted by molar-refractivity contribution is 5.82. The summed E-state index contributed by atoms with van der Waals surface area (Å²) >= 11 is 0. The van der Waals surface area contributed by atoms with Crippen molar-refractivity contribution in [3.8, 4) is 0 Å². The molecule has 0 unspecified atom stereocenters. The number of nitrogens with zero attached hydrogens (tertiary/aromatic N) is 2. The van der Waals surface area contributed by atoms with Crippen LogP contribution in [-0.4, -0.2) is 22.7 Å². The van der Waals surface area contributed by atoms with Crippen LogP contribution in [0.25, 0.3) is 0 Å². The molecule has 0 aliphatic heterocycles. The summed E-state index contributed by atoms with van der Waals surface area (Å²) in [5, 5.41) is 10.3. The Labute approximate surface area is 71.6 Å². The van der Waals surface area contributed by atoms with Crippen molar-refractivity contribution in [3.63, 3.8) is 0 Å². The van der Waals surface area contributed by atoms with E-state index in [0.717, 1.165) is 11.4 Å². The predicted octanol–water partition coefficient (Wildman–Crippen LogP) is 1.10. The molecule has 1 aromatic heterocycles. The van der Waals surface area contributed by atoms with Gasteiger partial charge in [0.2, 0.25) is 0 Å². The van der Waals surface area contributed by atoms with Crippen LogP contribution in [0.2, 0.25) is 0 Å². The van der Waals surface area contributed by atoms with Crippen molar-refractivity contribution in [1.82, 2.24) is 9.97 Å². The minimum Gasteiger partial charge on any atom is -0.373 e. The highest BCUT2D eigenvalue weighted by atomic mass is 15.0. The van der Waals surface area contributed by atoms with E-state index in [4.69, 9.17) is 5.41 Å². The molecule has 0 saturated carbocycles. The van der Waals surface area contributed by atoms with Gasteiger partial charge in [-0.2, -0.15) is 0 Å². The first kappa shape index (κ1) is 8.64. The second-order valence-electron chi connectivity index (χ2n) is 2.60. The van der Waals surface area contributed by atoms with E-state index in [2.05, 4.69) is 15.3 Å². The van der Waals surface area contributed by atoms with Crippen molar-refractivity contribution in [2.45, 2.75) is 13.3 Å². The molecule has 12 heavy (non-hydrogen) atoms. The fourth-order valence-electron chi connectivity index (χ4n) is 0.999. The lowest BCUT2D eigenvalue weighted by Gasteiger charge is -2.04. The highest BCUT2D eigenvalue weighted by Crippen LogP contribution is 2.09. The molecule has 64 valence electrons. The van der Waals surface area contributed by atoms with Gasteiger partial charge in [-0.1, -0.05) is 0 Å². The molecule has 1 aromatic rings. The van der Waals surface area contributed by atoms with Gasteiger partial charge in [0.1, 0.15) is 12.1 Å². The number of hydrogen-bond acceptors (Lipinski definition) is 4. The molecule has 0 aliphatic rings. The summed E-state index contributed by atoms with van der Waals surface area (Å²) in [4.78, 5) is 7.93. The zero-order valence-electron chi connectivity index (χ0n) is 7.26. The second kappa shape index (κ2) is 3.80. The van der Waals surface area contributed by atoms with Gasteiger partial charge in [-0.25, -0.2) is 9.97 Å². The number of rotatable bonds is 3. The molecule has 0 aromatic carbocycles. The largest absolute Gasteiger partial charge is 0.373 e. The number of anilines is 1. The van der Waals surface area contributed by atoms with Gasteiger partial charge < -0.3 is 10.7 Å². The number of aromatic nitrogens is 2. The van der Waals surface area contributed by atoms with Gasteiger partial charge in [0.25, 0.3) is 0 Å². The molecule has 0 fully saturated rings. The molecular weight excluding hydrogens is 152 g/mol. The Morgan fingerprint density at radius 3 is 3.00 bits per heavy atom. The summed E-state index contributed by atoms with van der Waals surface area (Å²) < 4.78 is 0. The first-order chi connectivity index (χ1) is 5.74. The maximum Gasteiger partial charge on any atom is 0.132 e. The van der Waals surface area contributed by atoms with Gasteiger partial charge in [0.05, 0.1) is 0 Å². The van der Waals surface area contributed by atoms with E-state index in [1.807, 2.05) is 7.05 Å². The van der Waals surface area contributed by atoms with E-state index < -0.39 is 0 Å². The molecule has 0 saturated heterocycles. The van der Waals surface area contributed by atoms with Crippen LogP contribution in [0.3, 0.4) is 0 Å². The quantitative estimate of drug-likeness (QED) is 0.657. The maximum atomic E-state index is 7.32. The van der Waals surface area contributed by atoms with Crippen LogP contribution >= 0.6 is 0 Å². The third-order valence-corrected chi connectivity index (χ3v) is 1.48. The number of nitrogens with one attached hydrogen (secondary N) is 2. The van der Waals surface area contributed by atoms with Gasteiger partial charge in [0.15, 0.2) is 0 Å². The summed E-state index contributed by atoms with van der Waals surface area (Å²) in [7, 11) is 1.81. The van der Waals surface area contributed by atoms with Crippen LogP contribution in [0.5, 0.6) is 0 Å². The molecule has 4 heteroatoms. The predicted molar refractivity (Wildman–Crippen MR) is 48.7 cm³/mol. The van der Waals surface area contributed by atoms with Gasteiger partial charge in [-0.15, -0.1) is 0 Å². The molecule has 4 nitrogen and oxygen atoms in total. The smallest absolute Gasteiger partial charge is 0.132 e. The Bertz CT molecular complexity index is 282. The molecule has 0 aliphatic carbocycles. The third kappa shape index (κ3) is 2.02. The Morgan fingerprint density at radius 2 is 2.42 bits per heavy atom. The molecular formula is C8H12N4. The van der Waals surface area contributed by atoms with E-state index in [9.17, 15) is 0 Å². The Hall–Kier alpha value is -1.45. The Kier molecular flexibility index (Phi) is 2.74.